The fraction of sp³-hybridized carbons (Fsp3) is 0.379. The summed E-state index contributed by atoms with van der Waals surface area (Å²) in [6.45, 7) is 9.37. The van der Waals surface area contributed by atoms with Crippen LogP contribution >= 0.6 is 0 Å². The maximum Gasteiger partial charge on any atom is 0.321 e. The SMILES string of the molecule is C.CCNC(=O)Nc1nc2c(-c3ccccn3)cc(-c3cc(C)n(CC4CCCN4CC)c(=O)c3)cc2[nH]1. The number of nitrogens with one attached hydrogen (secondary N) is 3. The van der Waals surface area contributed by atoms with E-state index in [0.29, 0.717) is 30.6 Å². The van der Waals surface area contributed by atoms with E-state index in [1.165, 1.54) is 6.42 Å². The van der Waals surface area contributed by atoms with Crippen molar-refractivity contribution in [1.82, 2.24) is 29.7 Å². The number of urea groups is 1. The zero-order valence-corrected chi connectivity index (χ0v) is 21.5. The first kappa shape index (κ1) is 27.1. The van der Waals surface area contributed by atoms with Crippen molar-refractivity contribution in [3.05, 3.63) is 64.7 Å². The van der Waals surface area contributed by atoms with Crippen LogP contribution in [0.3, 0.4) is 0 Å². The zero-order chi connectivity index (χ0) is 25.9. The molecule has 4 heterocycles. The summed E-state index contributed by atoms with van der Waals surface area (Å²) in [4.78, 5) is 40.2. The number of likely N-dealkylation sites (tertiary alicyclic amines) is 1. The Balaban J connectivity index is 0.00000336. The number of pyridine rings is 2. The Morgan fingerprint density at radius 3 is 2.68 bits per heavy atom. The molecule has 0 aliphatic carbocycles. The van der Waals surface area contributed by atoms with Gasteiger partial charge in [-0.15, -0.1) is 0 Å². The van der Waals surface area contributed by atoms with Gasteiger partial charge in [0.2, 0.25) is 5.95 Å². The highest BCUT2D eigenvalue weighted by Crippen LogP contribution is 2.33. The number of amides is 2. The fourth-order valence-electron chi connectivity index (χ4n) is 5.23. The molecule has 0 saturated carbocycles. The van der Waals surface area contributed by atoms with Gasteiger partial charge in [-0.3, -0.25) is 20.0 Å². The van der Waals surface area contributed by atoms with Gasteiger partial charge in [-0.25, -0.2) is 9.78 Å². The topological polar surface area (TPSA) is 108 Å². The maximum atomic E-state index is 13.3. The predicted octanol–water partition coefficient (Wildman–Crippen LogP) is 5.02. The van der Waals surface area contributed by atoms with Crippen molar-refractivity contribution >= 4 is 23.0 Å². The lowest BCUT2D eigenvalue weighted by molar-refractivity contribution is 0.241. The van der Waals surface area contributed by atoms with Crippen LogP contribution in [0.1, 0.15) is 39.8 Å². The highest BCUT2D eigenvalue weighted by Gasteiger charge is 2.24. The lowest BCUT2D eigenvalue weighted by Gasteiger charge is -2.24. The molecule has 3 N–H and O–H groups in total. The summed E-state index contributed by atoms with van der Waals surface area (Å²) in [5, 5.41) is 5.45. The lowest BCUT2D eigenvalue weighted by Crippen LogP contribution is -2.36. The van der Waals surface area contributed by atoms with Crippen molar-refractivity contribution in [3.63, 3.8) is 0 Å². The molecular weight excluding hydrogens is 478 g/mol. The van der Waals surface area contributed by atoms with Gasteiger partial charge >= 0.3 is 6.03 Å². The van der Waals surface area contributed by atoms with Crippen molar-refractivity contribution in [2.24, 2.45) is 0 Å². The van der Waals surface area contributed by atoms with E-state index in [4.69, 9.17) is 0 Å². The first-order valence-corrected chi connectivity index (χ1v) is 12.9. The molecule has 1 aliphatic heterocycles. The Bertz CT molecular complexity index is 1480. The first-order chi connectivity index (χ1) is 18.0. The fourth-order valence-corrected chi connectivity index (χ4v) is 5.23. The van der Waals surface area contributed by atoms with Crippen molar-refractivity contribution < 1.29 is 4.79 Å². The molecule has 2 amide bonds. The van der Waals surface area contributed by atoms with Crippen LogP contribution in [0, 0.1) is 6.92 Å². The number of H-pyrrole nitrogens is 1. The van der Waals surface area contributed by atoms with Crippen molar-refractivity contribution in [2.75, 3.05) is 25.0 Å². The van der Waals surface area contributed by atoms with E-state index in [-0.39, 0.29) is 19.0 Å². The van der Waals surface area contributed by atoms with E-state index in [9.17, 15) is 9.59 Å². The minimum Gasteiger partial charge on any atom is -0.338 e. The molecule has 5 rings (SSSR count). The van der Waals surface area contributed by atoms with Crippen LogP contribution in [0.25, 0.3) is 33.4 Å². The van der Waals surface area contributed by atoms with Gasteiger partial charge in [-0.2, -0.15) is 0 Å². The molecule has 1 saturated heterocycles. The zero-order valence-electron chi connectivity index (χ0n) is 21.5. The number of carbonyl (C=O) groups excluding carboxylic acids is 1. The van der Waals surface area contributed by atoms with Gasteiger partial charge in [0, 0.05) is 42.7 Å². The maximum absolute atomic E-state index is 13.3. The van der Waals surface area contributed by atoms with Crippen molar-refractivity contribution in [1.29, 1.82) is 0 Å². The molecule has 0 bridgehead atoms. The van der Waals surface area contributed by atoms with Crippen LogP contribution in [0.2, 0.25) is 0 Å². The molecule has 38 heavy (non-hydrogen) atoms. The Hall–Kier alpha value is -3.98. The number of rotatable bonds is 7. The molecule has 9 heteroatoms. The standard InChI is InChI=1S/C28H33N7O2.CH4/c1-4-29-28(37)33-27-31-24-15-20(14-22(26(24)32-27)23-10-6-7-11-30-23)19-13-18(3)35(25(36)16-19)17-21-9-8-12-34(21)5-2;/h6-7,10-11,13-16,21H,4-5,8-9,12,17H2,1-3H3,(H3,29,31,32,33,37);1H4. The molecule has 3 aromatic heterocycles. The van der Waals surface area contributed by atoms with Crippen molar-refractivity contribution in [3.8, 4) is 22.4 Å². The van der Waals surface area contributed by atoms with Crippen LogP contribution in [0.5, 0.6) is 0 Å². The summed E-state index contributed by atoms with van der Waals surface area (Å²) < 4.78 is 1.89. The van der Waals surface area contributed by atoms with E-state index in [0.717, 1.165) is 53.1 Å². The van der Waals surface area contributed by atoms with E-state index < -0.39 is 0 Å². The number of aryl methyl sites for hydroxylation is 1. The Kier molecular flexibility index (Phi) is 8.26. The van der Waals surface area contributed by atoms with Crippen LogP contribution in [0.15, 0.2) is 53.5 Å². The number of hydrogen-bond donors (Lipinski definition) is 3. The number of likely N-dealkylation sites (N-methyl/N-ethyl adjacent to an activating group) is 1. The number of aromatic amines is 1. The lowest BCUT2D eigenvalue weighted by atomic mass is 9.99. The number of benzene rings is 1. The smallest absolute Gasteiger partial charge is 0.321 e. The van der Waals surface area contributed by atoms with Crippen LogP contribution in [-0.2, 0) is 6.54 Å². The molecule has 1 fully saturated rings. The summed E-state index contributed by atoms with van der Waals surface area (Å²) in [6.07, 6.45) is 4.04. The second-order valence-corrected chi connectivity index (χ2v) is 9.46. The second-order valence-electron chi connectivity index (χ2n) is 9.46. The first-order valence-electron chi connectivity index (χ1n) is 12.9. The van der Waals surface area contributed by atoms with Gasteiger partial charge in [0.25, 0.3) is 5.56 Å². The van der Waals surface area contributed by atoms with Crippen LogP contribution in [0.4, 0.5) is 10.7 Å². The molecule has 1 aromatic carbocycles. The van der Waals surface area contributed by atoms with Gasteiger partial charge < -0.3 is 14.9 Å². The molecule has 1 unspecified atom stereocenters. The van der Waals surface area contributed by atoms with Gasteiger partial charge in [0.1, 0.15) is 0 Å². The van der Waals surface area contributed by atoms with E-state index in [1.807, 2.05) is 48.7 Å². The highest BCUT2D eigenvalue weighted by atomic mass is 16.2. The summed E-state index contributed by atoms with van der Waals surface area (Å²) in [6, 6.07) is 13.5. The molecule has 200 valence electrons. The van der Waals surface area contributed by atoms with Crippen LogP contribution in [-0.4, -0.2) is 56.1 Å². The number of anilines is 1. The van der Waals surface area contributed by atoms with Gasteiger partial charge in [0.05, 0.1) is 16.7 Å². The molecule has 0 radical (unpaired) electrons. The summed E-state index contributed by atoms with van der Waals surface area (Å²) in [5.41, 5.74) is 5.68. The predicted molar refractivity (Wildman–Crippen MR) is 153 cm³/mol. The third kappa shape index (κ3) is 5.47. The Morgan fingerprint density at radius 1 is 1.16 bits per heavy atom. The number of aromatic nitrogens is 4. The van der Waals surface area contributed by atoms with Gasteiger partial charge in [0.15, 0.2) is 0 Å². The normalized spacial score (nSPS) is 15.4. The number of carbonyl (C=O) groups is 1. The number of hydrogen-bond acceptors (Lipinski definition) is 5. The largest absolute Gasteiger partial charge is 0.338 e. The molecule has 1 aliphatic rings. The van der Waals surface area contributed by atoms with Gasteiger partial charge in [-0.1, -0.05) is 20.4 Å². The highest BCUT2D eigenvalue weighted by molar-refractivity contribution is 5.98. The molecular formula is C29H37N7O2. The molecule has 1 atom stereocenters. The average Bonchev–Trinajstić information content (AvgIpc) is 3.52. The third-order valence-corrected chi connectivity index (χ3v) is 7.06. The van der Waals surface area contributed by atoms with E-state index in [1.54, 1.807) is 12.3 Å². The van der Waals surface area contributed by atoms with Crippen molar-refractivity contribution in [2.45, 2.75) is 53.6 Å². The monoisotopic (exact) mass is 515 g/mol. The molecule has 0 spiro atoms. The minimum atomic E-state index is -0.329. The quantitative estimate of drug-likeness (QED) is 0.320. The molecule has 9 nitrogen and oxygen atoms in total. The summed E-state index contributed by atoms with van der Waals surface area (Å²) in [5.74, 6) is 0.346. The van der Waals surface area contributed by atoms with E-state index in [2.05, 4.69) is 43.5 Å². The average molecular weight is 516 g/mol. The molecule has 4 aromatic rings. The Labute approximate surface area is 223 Å². The second kappa shape index (κ2) is 11.6. The minimum absolute atomic E-state index is 0. The number of nitrogens with zero attached hydrogens (tertiary/aromatic N) is 4. The van der Waals surface area contributed by atoms with Crippen LogP contribution < -0.4 is 16.2 Å². The number of fused-ring (bicyclic) bond motifs is 1. The van der Waals surface area contributed by atoms with Gasteiger partial charge in [-0.05, 0) is 81.2 Å². The Morgan fingerprint density at radius 2 is 1.97 bits per heavy atom. The summed E-state index contributed by atoms with van der Waals surface area (Å²) >= 11 is 0. The van der Waals surface area contributed by atoms with E-state index >= 15 is 0 Å². The number of imidazole rings is 1. The third-order valence-electron chi connectivity index (χ3n) is 7.06. The summed E-state index contributed by atoms with van der Waals surface area (Å²) in [7, 11) is 0.